The molecule has 25 heavy (non-hydrogen) atoms. The first-order chi connectivity index (χ1) is 12.3. The first-order valence-electron chi connectivity index (χ1n) is 10.7. The van der Waals surface area contributed by atoms with Gasteiger partial charge in [0.25, 0.3) is 0 Å². The first kappa shape index (κ1) is 15.9. The molecule has 0 radical (unpaired) electrons. The standard InChI is InChI=1S/C23H32N2/c1-2-17-6-8-18(9-7-17)22-19-10-11-20(16-19)23(22)13-12-21(24-23)25-14-4-3-5-15-25/h6-9,19-20,22H,2-5,10-16H2,1H3. The van der Waals surface area contributed by atoms with E-state index < -0.39 is 0 Å². The van der Waals surface area contributed by atoms with Gasteiger partial charge in [-0.2, -0.15) is 0 Å². The SMILES string of the molecule is CCc1ccc(C2C3CCC(C3)C23CCC(N2CCCCC2)=N3)cc1. The van der Waals surface area contributed by atoms with Crippen LogP contribution in [0.3, 0.4) is 0 Å². The summed E-state index contributed by atoms with van der Waals surface area (Å²) in [6.07, 6.45) is 12.1. The van der Waals surface area contributed by atoms with E-state index in [1.807, 2.05) is 0 Å². The lowest BCUT2D eigenvalue weighted by Gasteiger charge is -2.39. The maximum Gasteiger partial charge on any atom is 0.0997 e. The molecule has 2 aliphatic heterocycles. The molecular formula is C23H32N2. The van der Waals surface area contributed by atoms with Crippen molar-refractivity contribution in [3.8, 4) is 0 Å². The van der Waals surface area contributed by atoms with Crippen molar-refractivity contribution in [1.29, 1.82) is 0 Å². The Morgan fingerprint density at radius 1 is 1.08 bits per heavy atom. The fraction of sp³-hybridized carbons (Fsp3) is 0.696. The molecule has 4 atom stereocenters. The van der Waals surface area contributed by atoms with Gasteiger partial charge in [-0.3, -0.25) is 4.99 Å². The molecule has 4 aliphatic rings. The van der Waals surface area contributed by atoms with E-state index in [0.717, 1.165) is 18.3 Å². The maximum atomic E-state index is 5.57. The topological polar surface area (TPSA) is 15.6 Å². The third-order valence-corrected chi connectivity index (χ3v) is 7.74. The molecule has 2 nitrogen and oxygen atoms in total. The summed E-state index contributed by atoms with van der Waals surface area (Å²) in [5, 5.41) is 0. The Morgan fingerprint density at radius 2 is 1.88 bits per heavy atom. The lowest BCUT2D eigenvalue weighted by molar-refractivity contribution is 0.234. The second-order valence-corrected chi connectivity index (χ2v) is 8.91. The van der Waals surface area contributed by atoms with Crippen LogP contribution in [0.5, 0.6) is 0 Å². The van der Waals surface area contributed by atoms with E-state index >= 15 is 0 Å². The smallest absolute Gasteiger partial charge is 0.0997 e. The fourth-order valence-corrected chi connectivity index (χ4v) is 6.52. The number of fused-ring (bicyclic) bond motifs is 3. The highest BCUT2D eigenvalue weighted by Crippen LogP contribution is 2.63. The predicted molar refractivity (Wildman–Crippen MR) is 104 cm³/mol. The van der Waals surface area contributed by atoms with E-state index in [4.69, 9.17) is 4.99 Å². The summed E-state index contributed by atoms with van der Waals surface area (Å²) < 4.78 is 0. The molecule has 3 fully saturated rings. The Bertz CT molecular complexity index is 655. The van der Waals surface area contributed by atoms with Gasteiger partial charge in [0.2, 0.25) is 0 Å². The summed E-state index contributed by atoms with van der Waals surface area (Å²) in [6, 6.07) is 9.58. The Kier molecular flexibility index (Phi) is 3.91. The fourth-order valence-electron chi connectivity index (χ4n) is 6.52. The molecule has 2 heterocycles. The van der Waals surface area contributed by atoms with Crippen LogP contribution in [-0.2, 0) is 6.42 Å². The van der Waals surface area contributed by atoms with Gasteiger partial charge in [0.15, 0.2) is 0 Å². The van der Waals surface area contributed by atoms with Crippen molar-refractivity contribution in [3.05, 3.63) is 35.4 Å². The molecule has 2 aliphatic carbocycles. The van der Waals surface area contributed by atoms with E-state index in [2.05, 4.69) is 36.1 Å². The van der Waals surface area contributed by atoms with Crippen LogP contribution in [0.15, 0.2) is 29.3 Å². The zero-order valence-corrected chi connectivity index (χ0v) is 15.7. The molecule has 0 amide bonds. The number of likely N-dealkylation sites (tertiary alicyclic amines) is 1. The van der Waals surface area contributed by atoms with E-state index in [0.29, 0.717) is 5.92 Å². The predicted octanol–water partition coefficient (Wildman–Crippen LogP) is 5.18. The van der Waals surface area contributed by atoms with E-state index in [9.17, 15) is 0 Å². The zero-order chi connectivity index (χ0) is 16.9. The average Bonchev–Trinajstić information content (AvgIpc) is 3.38. The highest BCUT2D eigenvalue weighted by atomic mass is 15.2. The van der Waals surface area contributed by atoms with Gasteiger partial charge in [0, 0.05) is 25.4 Å². The average molecular weight is 337 g/mol. The van der Waals surface area contributed by atoms with Gasteiger partial charge in [-0.1, -0.05) is 31.2 Å². The minimum Gasteiger partial charge on any atom is -0.360 e. The van der Waals surface area contributed by atoms with Crippen LogP contribution in [0.4, 0.5) is 0 Å². The lowest BCUT2D eigenvalue weighted by Crippen LogP contribution is -2.39. The van der Waals surface area contributed by atoms with E-state index in [1.165, 1.54) is 75.9 Å². The monoisotopic (exact) mass is 336 g/mol. The molecule has 134 valence electrons. The molecule has 0 aromatic heterocycles. The Morgan fingerprint density at radius 3 is 2.64 bits per heavy atom. The van der Waals surface area contributed by atoms with Crippen molar-refractivity contribution in [2.45, 2.75) is 76.2 Å². The molecule has 1 aromatic carbocycles. The van der Waals surface area contributed by atoms with Crippen LogP contribution in [0.2, 0.25) is 0 Å². The molecule has 1 aromatic rings. The van der Waals surface area contributed by atoms with Crippen LogP contribution < -0.4 is 0 Å². The number of benzene rings is 1. The number of hydrogen-bond donors (Lipinski definition) is 0. The highest BCUT2D eigenvalue weighted by Gasteiger charge is 2.60. The van der Waals surface area contributed by atoms with Gasteiger partial charge in [-0.15, -0.1) is 0 Å². The third-order valence-electron chi connectivity index (χ3n) is 7.74. The Hall–Kier alpha value is -1.31. The minimum atomic E-state index is 0.240. The maximum absolute atomic E-state index is 5.57. The summed E-state index contributed by atoms with van der Waals surface area (Å²) in [6.45, 7) is 4.75. The summed E-state index contributed by atoms with van der Waals surface area (Å²) in [5.74, 6) is 3.86. The van der Waals surface area contributed by atoms with E-state index in [1.54, 1.807) is 5.56 Å². The van der Waals surface area contributed by atoms with Crippen molar-refractivity contribution >= 4 is 5.84 Å². The molecule has 2 saturated carbocycles. The Balaban J connectivity index is 1.48. The number of aryl methyl sites for hydroxylation is 1. The van der Waals surface area contributed by atoms with Crippen molar-refractivity contribution < 1.29 is 0 Å². The summed E-state index contributed by atoms with van der Waals surface area (Å²) in [5.41, 5.74) is 3.28. The summed E-state index contributed by atoms with van der Waals surface area (Å²) >= 11 is 0. The summed E-state index contributed by atoms with van der Waals surface area (Å²) in [7, 11) is 0. The number of hydrogen-bond acceptors (Lipinski definition) is 2. The van der Waals surface area contributed by atoms with Crippen molar-refractivity contribution in [2.24, 2.45) is 16.8 Å². The number of rotatable bonds is 2. The Labute approximate surface area is 152 Å². The second kappa shape index (κ2) is 6.14. The third kappa shape index (κ3) is 2.47. The van der Waals surface area contributed by atoms with E-state index in [-0.39, 0.29) is 5.54 Å². The normalized spacial score (nSPS) is 37.1. The van der Waals surface area contributed by atoms with Crippen molar-refractivity contribution in [3.63, 3.8) is 0 Å². The number of aliphatic imine (C=N–C) groups is 1. The van der Waals surface area contributed by atoms with Crippen LogP contribution >= 0.6 is 0 Å². The molecule has 2 heteroatoms. The molecule has 2 bridgehead atoms. The molecular weight excluding hydrogens is 304 g/mol. The molecule has 1 spiro atoms. The quantitative estimate of drug-likeness (QED) is 0.726. The molecule has 5 rings (SSSR count). The molecule has 0 N–H and O–H groups in total. The van der Waals surface area contributed by atoms with Crippen LogP contribution in [0.25, 0.3) is 0 Å². The van der Waals surface area contributed by atoms with Gasteiger partial charge in [0.05, 0.1) is 11.4 Å². The minimum absolute atomic E-state index is 0.240. The van der Waals surface area contributed by atoms with Gasteiger partial charge in [-0.25, -0.2) is 0 Å². The lowest BCUT2D eigenvalue weighted by atomic mass is 9.69. The van der Waals surface area contributed by atoms with Crippen molar-refractivity contribution in [2.75, 3.05) is 13.1 Å². The number of piperidine rings is 1. The van der Waals surface area contributed by atoms with Crippen LogP contribution in [0, 0.1) is 11.8 Å². The van der Waals surface area contributed by atoms with Gasteiger partial charge in [-0.05, 0) is 74.3 Å². The van der Waals surface area contributed by atoms with Gasteiger partial charge >= 0.3 is 0 Å². The molecule has 4 unspecified atom stereocenters. The second-order valence-electron chi connectivity index (χ2n) is 8.91. The van der Waals surface area contributed by atoms with Crippen LogP contribution in [0.1, 0.15) is 75.3 Å². The summed E-state index contributed by atoms with van der Waals surface area (Å²) in [4.78, 5) is 8.19. The molecule has 1 saturated heterocycles. The van der Waals surface area contributed by atoms with Crippen molar-refractivity contribution in [1.82, 2.24) is 4.90 Å². The number of nitrogens with zero attached hydrogens (tertiary/aromatic N) is 2. The van der Waals surface area contributed by atoms with Gasteiger partial charge < -0.3 is 4.90 Å². The highest BCUT2D eigenvalue weighted by molar-refractivity contribution is 5.85. The van der Waals surface area contributed by atoms with Gasteiger partial charge in [0.1, 0.15) is 0 Å². The first-order valence-corrected chi connectivity index (χ1v) is 10.7. The zero-order valence-electron chi connectivity index (χ0n) is 15.7. The van der Waals surface area contributed by atoms with Crippen LogP contribution in [-0.4, -0.2) is 29.4 Å². The largest absolute Gasteiger partial charge is 0.360 e. The number of amidine groups is 1.